The second-order valence-corrected chi connectivity index (χ2v) is 6.93. The predicted molar refractivity (Wildman–Crippen MR) is 84.3 cm³/mol. The molecule has 1 amide bonds. The van der Waals surface area contributed by atoms with Gasteiger partial charge in [0, 0.05) is 6.42 Å². The topological polar surface area (TPSA) is 64.6 Å². The standard InChI is InChI=1S/C15H17Cl2NO4/c1-9(22-13(20)14(2)8-15(14,16)17)12(19)18-10-6-4-5-7-11(10)21-3/h4-7,9H,8H2,1-3H3,(H,18,19)/t9-,14-/m1/s1. The number of esters is 1. The highest BCUT2D eigenvalue weighted by atomic mass is 35.5. The molecule has 1 N–H and O–H groups in total. The molecular formula is C15H17Cl2NO4. The third-order valence-electron chi connectivity index (χ3n) is 3.73. The molecule has 0 saturated heterocycles. The number of halogens is 2. The van der Waals surface area contributed by atoms with Crippen LogP contribution in [-0.4, -0.2) is 29.4 Å². The lowest BCUT2D eigenvalue weighted by atomic mass is 10.1. The van der Waals surface area contributed by atoms with E-state index in [0.29, 0.717) is 17.9 Å². The molecule has 120 valence electrons. The van der Waals surface area contributed by atoms with Gasteiger partial charge in [-0.3, -0.25) is 9.59 Å². The van der Waals surface area contributed by atoms with Crippen molar-refractivity contribution in [2.75, 3.05) is 12.4 Å². The first-order valence-electron chi connectivity index (χ1n) is 6.74. The van der Waals surface area contributed by atoms with Gasteiger partial charge < -0.3 is 14.8 Å². The lowest BCUT2D eigenvalue weighted by Crippen LogP contribution is -2.33. The summed E-state index contributed by atoms with van der Waals surface area (Å²) in [5.41, 5.74) is -0.464. The summed E-state index contributed by atoms with van der Waals surface area (Å²) in [4.78, 5) is 24.2. The lowest BCUT2D eigenvalue weighted by Gasteiger charge is -2.18. The van der Waals surface area contributed by atoms with Gasteiger partial charge in [0.2, 0.25) is 0 Å². The molecule has 1 aromatic carbocycles. The number of alkyl halides is 2. The maximum Gasteiger partial charge on any atom is 0.315 e. The summed E-state index contributed by atoms with van der Waals surface area (Å²) in [6.07, 6.45) is -0.665. The normalized spacial score (nSPS) is 23.3. The highest BCUT2D eigenvalue weighted by molar-refractivity contribution is 6.53. The summed E-state index contributed by atoms with van der Waals surface area (Å²) in [6, 6.07) is 6.95. The fourth-order valence-electron chi connectivity index (χ4n) is 1.95. The van der Waals surface area contributed by atoms with Crippen LogP contribution in [0.3, 0.4) is 0 Å². The molecule has 0 unspecified atom stereocenters. The highest BCUT2D eigenvalue weighted by Crippen LogP contribution is 2.64. The van der Waals surface area contributed by atoms with Gasteiger partial charge in [0.15, 0.2) is 6.10 Å². The van der Waals surface area contributed by atoms with Crippen molar-refractivity contribution in [3.63, 3.8) is 0 Å². The van der Waals surface area contributed by atoms with Crippen molar-refractivity contribution in [3.05, 3.63) is 24.3 Å². The number of para-hydroxylation sites is 2. The molecule has 5 nitrogen and oxygen atoms in total. The van der Waals surface area contributed by atoms with Gasteiger partial charge in [-0.2, -0.15) is 0 Å². The average molecular weight is 346 g/mol. The number of nitrogens with one attached hydrogen (secondary N) is 1. The van der Waals surface area contributed by atoms with Crippen molar-refractivity contribution in [2.24, 2.45) is 5.41 Å². The first-order chi connectivity index (χ1) is 10.2. The second-order valence-electron chi connectivity index (χ2n) is 5.45. The number of hydrogen-bond donors (Lipinski definition) is 1. The van der Waals surface area contributed by atoms with Crippen LogP contribution in [0.15, 0.2) is 24.3 Å². The van der Waals surface area contributed by atoms with Crippen LogP contribution in [-0.2, 0) is 14.3 Å². The van der Waals surface area contributed by atoms with Crippen LogP contribution in [0.2, 0.25) is 0 Å². The average Bonchev–Trinajstić information content (AvgIpc) is 2.99. The van der Waals surface area contributed by atoms with Gasteiger partial charge in [-0.15, -0.1) is 23.2 Å². The van der Waals surface area contributed by atoms with Crippen LogP contribution in [0.5, 0.6) is 5.75 Å². The molecule has 0 radical (unpaired) electrons. The first-order valence-corrected chi connectivity index (χ1v) is 7.49. The number of ether oxygens (including phenoxy) is 2. The van der Waals surface area contributed by atoms with Gasteiger partial charge in [0.25, 0.3) is 5.91 Å². The number of carbonyl (C=O) groups is 2. The van der Waals surface area contributed by atoms with Crippen LogP contribution in [0.1, 0.15) is 20.3 Å². The highest BCUT2D eigenvalue weighted by Gasteiger charge is 2.69. The molecule has 2 atom stereocenters. The van der Waals surface area contributed by atoms with Crippen molar-refractivity contribution in [1.29, 1.82) is 0 Å². The Bertz CT molecular complexity index is 605. The molecule has 0 aliphatic heterocycles. The zero-order valence-electron chi connectivity index (χ0n) is 12.5. The molecule has 1 aromatic rings. The molecule has 1 aliphatic rings. The van der Waals surface area contributed by atoms with Crippen LogP contribution in [0, 0.1) is 5.41 Å². The van der Waals surface area contributed by atoms with E-state index in [9.17, 15) is 9.59 Å². The molecule has 0 bridgehead atoms. The molecule has 1 saturated carbocycles. The monoisotopic (exact) mass is 345 g/mol. The van der Waals surface area contributed by atoms with Gasteiger partial charge in [-0.1, -0.05) is 12.1 Å². The van der Waals surface area contributed by atoms with Gasteiger partial charge in [-0.25, -0.2) is 0 Å². The quantitative estimate of drug-likeness (QED) is 0.657. The van der Waals surface area contributed by atoms with Gasteiger partial charge in [0.05, 0.1) is 12.8 Å². The number of amides is 1. The van der Waals surface area contributed by atoms with E-state index in [1.807, 2.05) is 0 Å². The third-order valence-corrected chi connectivity index (χ3v) is 4.83. The summed E-state index contributed by atoms with van der Waals surface area (Å²) in [6.45, 7) is 3.10. The van der Waals surface area contributed by atoms with E-state index >= 15 is 0 Å². The van der Waals surface area contributed by atoms with E-state index in [-0.39, 0.29) is 0 Å². The molecule has 0 heterocycles. The minimum Gasteiger partial charge on any atom is -0.495 e. The largest absolute Gasteiger partial charge is 0.495 e. The molecule has 1 aliphatic carbocycles. The summed E-state index contributed by atoms with van der Waals surface area (Å²) < 4.78 is 9.18. The molecule has 0 spiro atoms. The SMILES string of the molecule is COc1ccccc1NC(=O)[C@@H](C)OC(=O)[C@@]1(C)CC1(Cl)Cl. The number of hydrogen-bond acceptors (Lipinski definition) is 4. The zero-order chi connectivity index (χ0) is 16.5. The first kappa shape index (κ1) is 16.9. The fraction of sp³-hybridized carbons (Fsp3) is 0.467. The molecule has 22 heavy (non-hydrogen) atoms. The molecule has 1 fully saturated rings. The number of methoxy groups -OCH3 is 1. The van der Waals surface area contributed by atoms with Crippen molar-refractivity contribution in [1.82, 2.24) is 0 Å². The summed E-state index contributed by atoms with van der Waals surface area (Å²) in [5.74, 6) is -0.527. The second kappa shape index (κ2) is 5.97. The Morgan fingerprint density at radius 2 is 1.91 bits per heavy atom. The molecule has 7 heteroatoms. The van der Waals surface area contributed by atoms with Gasteiger partial charge in [-0.05, 0) is 26.0 Å². The van der Waals surface area contributed by atoms with Crippen LogP contribution >= 0.6 is 23.2 Å². The van der Waals surface area contributed by atoms with Crippen molar-refractivity contribution in [3.8, 4) is 5.75 Å². The Balaban J connectivity index is 1.97. The molecular weight excluding hydrogens is 329 g/mol. The zero-order valence-corrected chi connectivity index (χ0v) is 14.0. The Labute approximate surface area is 138 Å². The number of carbonyl (C=O) groups excluding carboxylic acids is 2. The van der Waals surface area contributed by atoms with E-state index in [2.05, 4.69) is 5.32 Å². The van der Waals surface area contributed by atoms with E-state index in [1.54, 1.807) is 31.2 Å². The summed E-state index contributed by atoms with van der Waals surface area (Å²) >= 11 is 11.8. The number of rotatable bonds is 5. The van der Waals surface area contributed by atoms with Crippen molar-refractivity contribution >= 4 is 40.8 Å². The maximum absolute atomic E-state index is 12.1. The van der Waals surface area contributed by atoms with Gasteiger partial charge in [0.1, 0.15) is 15.5 Å². The predicted octanol–water partition coefficient (Wildman–Crippen LogP) is 3.15. The molecule has 0 aromatic heterocycles. The molecule has 2 rings (SSSR count). The Morgan fingerprint density at radius 1 is 1.32 bits per heavy atom. The van der Waals surface area contributed by atoms with Crippen molar-refractivity contribution < 1.29 is 19.1 Å². The lowest BCUT2D eigenvalue weighted by molar-refractivity contribution is -0.158. The number of anilines is 1. The van der Waals surface area contributed by atoms with E-state index in [0.717, 1.165) is 0 Å². The minimum absolute atomic E-state index is 0.308. The Hall–Kier alpha value is -1.46. The Kier molecular flexibility index (Phi) is 4.59. The minimum atomic E-state index is -1.12. The summed E-state index contributed by atoms with van der Waals surface area (Å²) in [5, 5.41) is 2.65. The Morgan fingerprint density at radius 3 is 2.45 bits per heavy atom. The summed E-state index contributed by atoms with van der Waals surface area (Å²) in [7, 11) is 1.50. The van der Waals surface area contributed by atoms with Crippen LogP contribution in [0.25, 0.3) is 0 Å². The number of benzene rings is 1. The van der Waals surface area contributed by atoms with Crippen molar-refractivity contribution in [2.45, 2.75) is 30.7 Å². The third kappa shape index (κ3) is 3.15. The van der Waals surface area contributed by atoms with E-state index in [1.165, 1.54) is 14.0 Å². The van der Waals surface area contributed by atoms with E-state index < -0.39 is 27.7 Å². The van der Waals surface area contributed by atoms with E-state index in [4.69, 9.17) is 32.7 Å². The fourth-order valence-corrected chi connectivity index (χ4v) is 2.64. The van der Waals surface area contributed by atoms with Gasteiger partial charge >= 0.3 is 5.97 Å². The van der Waals surface area contributed by atoms with Crippen LogP contribution < -0.4 is 10.1 Å². The van der Waals surface area contributed by atoms with Crippen LogP contribution in [0.4, 0.5) is 5.69 Å². The smallest absolute Gasteiger partial charge is 0.315 e. The maximum atomic E-state index is 12.1.